The number of hydrogen-bond donors (Lipinski definition) is 0. The van der Waals surface area contributed by atoms with E-state index in [0.29, 0.717) is 12.3 Å². The highest BCUT2D eigenvalue weighted by Crippen LogP contribution is 2.37. The molecule has 1 aromatic rings. The van der Waals surface area contributed by atoms with Gasteiger partial charge >= 0.3 is 0 Å². The van der Waals surface area contributed by atoms with Gasteiger partial charge in [0.05, 0.1) is 0 Å². The molecule has 0 aromatic heterocycles. The second kappa shape index (κ2) is 2.19. The van der Waals surface area contributed by atoms with Crippen LogP contribution in [0.4, 0.5) is 0 Å². The van der Waals surface area contributed by atoms with Gasteiger partial charge in [0.25, 0.3) is 0 Å². The minimum atomic E-state index is 0.279. The molecule has 0 unspecified atom stereocenters. The van der Waals surface area contributed by atoms with Crippen LogP contribution < -0.4 is 0 Å². The van der Waals surface area contributed by atoms with E-state index in [4.69, 9.17) is 0 Å². The first-order valence-electron chi connectivity index (χ1n) is 3.86. The highest BCUT2D eigenvalue weighted by atomic mass is 16.1. The predicted octanol–water partition coefficient (Wildman–Crippen LogP) is 2.11. The van der Waals surface area contributed by atoms with Crippen LogP contribution in [-0.4, -0.2) is 5.78 Å². The van der Waals surface area contributed by atoms with E-state index >= 15 is 0 Å². The lowest BCUT2D eigenvalue weighted by Gasteiger charge is -2.26. The lowest BCUT2D eigenvalue weighted by molar-refractivity contribution is -0.117. The Balaban J connectivity index is 2.17. The zero-order chi connectivity index (χ0) is 7.84. The van der Waals surface area contributed by atoms with Crippen LogP contribution in [0.25, 0.3) is 0 Å². The summed E-state index contributed by atoms with van der Waals surface area (Å²) in [6.07, 6.45) is 0.683. The smallest absolute Gasteiger partial charge is 0.130 e. The highest BCUT2D eigenvalue weighted by molar-refractivity contribution is 5.77. The van der Waals surface area contributed by atoms with Crippen molar-refractivity contribution in [3.8, 4) is 0 Å². The van der Waals surface area contributed by atoms with Gasteiger partial charge in [0.2, 0.25) is 0 Å². The van der Waals surface area contributed by atoms with E-state index in [1.54, 1.807) is 6.92 Å². The molecule has 1 aromatic carbocycles. The SMILES string of the molecule is CC(=O)CC1c2cccc1c2. The van der Waals surface area contributed by atoms with Crippen LogP contribution in [0.3, 0.4) is 0 Å². The van der Waals surface area contributed by atoms with E-state index in [1.165, 1.54) is 11.1 Å². The summed E-state index contributed by atoms with van der Waals surface area (Å²) in [4.78, 5) is 10.8. The van der Waals surface area contributed by atoms with Gasteiger partial charge in [-0.1, -0.05) is 24.3 Å². The molecule has 0 spiro atoms. The molecule has 0 atom stereocenters. The standard InChI is InChI=1S/C10H10O/c1-7(11)5-10-8-3-2-4-9(10)6-8/h2-4,6,10H,5H2,1H3. The van der Waals surface area contributed by atoms with Crippen molar-refractivity contribution in [3.05, 3.63) is 35.4 Å². The third kappa shape index (κ3) is 0.967. The fourth-order valence-electron chi connectivity index (χ4n) is 1.61. The summed E-state index contributed by atoms with van der Waals surface area (Å²) in [6, 6.07) is 8.36. The number of Topliss-reactive ketones (excluding diaryl/α,β-unsaturated/α-hetero) is 1. The Hall–Kier alpha value is -1.11. The first-order chi connectivity index (χ1) is 5.27. The Morgan fingerprint density at radius 1 is 1.45 bits per heavy atom. The molecule has 0 aliphatic heterocycles. The van der Waals surface area contributed by atoms with Crippen molar-refractivity contribution in [1.29, 1.82) is 0 Å². The van der Waals surface area contributed by atoms with Crippen LogP contribution in [-0.2, 0) is 4.79 Å². The molecule has 0 N–H and O–H groups in total. The Bertz CT molecular complexity index is 275. The number of fused-ring (bicyclic) bond motifs is 2. The van der Waals surface area contributed by atoms with Gasteiger partial charge in [-0.15, -0.1) is 0 Å². The lowest BCUT2D eigenvalue weighted by atomic mass is 9.78. The summed E-state index contributed by atoms with van der Waals surface area (Å²) in [5.74, 6) is 0.708. The molecule has 1 nitrogen and oxygen atoms in total. The van der Waals surface area contributed by atoms with Crippen molar-refractivity contribution >= 4 is 5.78 Å². The van der Waals surface area contributed by atoms with Crippen LogP contribution in [0.15, 0.2) is 24.3 Å². The fraction of sp³-hybridized carbons (Fsp3) is 0.300. The van der Waals surface area contributed by atoms with Crippen LogP contribution >= 0.6 is 0 Å². The quantitative estimate of drug-likeness (QED) is 0.624. The summed E-state index contributed by atoms with van der Waals surface area (Å²) in [5, 5.41) is 0. The van der Waals surface area contributed by atoms with Crippen LogP contribution in [0.5, 0.6) is 0 Å². The molecule has 2 aliphatic rings. The average Bonchev–Trinajstić information content (AvgIpc) is 2.01. The number of ketones is 1. The van der Waals surface area contributed by atoms with Crippen molar-refractivity contribution in [3.63, 3.8) is 0 Å². The number of carbonyl (C=O) groups is 1. The van der Waals surface area contributed by atoms with Crippen molar-refractivity contribution in [2.75, 3.05) is 0 Å². The molecule has 3 rings (SSSR count). The van der Waals surface area contributed by atoms with Crippen LogP contribution in [0, 0.1) is 0 Å². The molecule has 0 fully saturated rings. The molecular weight excluding hydrogens is 136 g/mol. The van der Waals surface area contributed by atoms with Gasteiger partial charge in [0.15, 0.2) is 0 Å². The third-order valence-electron chi connectivity index (χ3n) is 2.21. The molecule has 2 bridgehead atoms. The minimum Gasteiger partial charge on any atom is -0.300 e. The van der Waals surface area contributed by atoms with E-state index < -0.39 is 0 Å². The Kier molecular flexibility index (Phi) is 1.31. The maximum atomic E-state index is 10.8. The summed E-state index contributed by atoms with van der Waals surface area (Å²) in [5.41, 5.74) is 2.63. The van der Waals surface area contributed by atoms with Crippen molar-refractivity contribution in [1.82, 2.24) is 0 Å². The van der Waals surface area contributed by atoms with Gasteiger partial charge in [0, 0.05) is 12.3 Å². The fourth-order valence-corrected chi connectivity index (χ4v) is 1.61. The summed E-state index contributed by atoms with van der Waals surface area (Å²) in [7, 11) is 0. The Labute approximate surface area is 66.0 Å². The molecule has 2 aliphatic carbocycles. The number of hydrogen-bond acceptors (Lipinski definition) is 1. The monoisotopic (exact) mass is 146 g/mol. The first kappa shape index (κ1) is 6.59. The minimum absolute atomic E-state index is 0.279. The van der Waals surface area contributed by atoms with Gasteiger partial charge in [-0.25, -0.2) is 0 Å². The zero-order valence-corrected chi connectivity index (χ0v) is 6.50. The third-order valence-corrected chi connectivity index (χ3v) is 2.21. The molecule has 0 amide bonds. The van der Waals surface area contributed by atoms with Gasteiger partial charge in [-0.2, -0.15) is 0 Å². The highest BCUT2D eigenvalue weighted by Gasteiger charge is 2.23. The van der Waals surface area contributed by atoms with Gasteiger partial charge in [0.1, 0.15) is 5.78 Å². The molecule has 11 heavy (non-hydrogen) atoms. The second-order valence-electron chi connectivity index (χ2n) is 3.13. The molecule has 56 valence electrons. The van der Waals surface area contributed by atoms with E-state index in [2.05, 4.69) is 18.2 Å². The maximum absolute atomic E-state index is 10.8. The van der Waals surface area contributed by atoms with Gasteiger partial charge in [-0.3, -0.25) is 4.79 Å². The first-order valence-corrected chi connectivity index (χ1v) is 3.86. The van der Waals surface area contributed by atoms with E-state index in [-0.39, 0.29) is 5.78 Å². The topological polar surface area (TPSA) is 17.1 Å². The predicted molar refractivity (Wildman–Crippen MR) is 43.6 cm³/mol. The molecule has 0 heterocycles. The van der Waals surface area contributed by atoms with E-state index in [1.807, 2.05) is 6.07 Å². The lowest BCUT2D eigenvalue weighted by Crippen LogP contribution is -2.13. The van der Waals surface area contributed by atoms with Crippen molar-refractivity contribution in [2.24, 2.45) is 0 Å². The van der Waals surface area contributed by atoms with Crippen LogP contribution in [0.2, 0.25) is 0 Å². The van der Waals surface area contributed by atoms with Gasteiger partial charge < -0.3 is 0 Å². The molecular formula is C10H10O. The normalized spacial score (nSPS) is 14.3. The Morgan fingerprint density at radius 3 is 2.55 bits per heavy atom. The number of rotatable bonds is 2. The largest absolute Gasteiger partial charge is 0.300 e. The van der Waals surface area contributed by atoms with Crippen LogP contribution in [0.1, 0.15) is 30.4 Å². The van der Waals surface area contributed by atoms with Gasteiger partial charge in [-0.05, 0) is 18.1 Å². The Morgan fingerprint density at radius 2 is 2.09 bits per heavy atom. The van der Waals surface area contributed by atoms with Crippen molar-refractivity contribution < 1.29 is 4.79 Å². The molecule has 0 saturated heterocycles. The second-order valence-corrected chi connectivity index (χ2v) is 3.13. The molecule has 0 radical (unpaired) electrons. The van der Waals surface area contributed by atoms with E-state index in [9.17, 15) is 4.79 Å². The number of benzene rings is 1. The maximum Gasteiger partial charge on any atom is 0.130 e. The molecule has 1 heteroatoms. The molecule has 0 saturated carbocycles. The summed E-state index contributed by atoms with van der Waals surface area (Å²) >= 11 is 0. The zero-order valence-electron chi connectivity index (χ0n) is 6.50. The van der Waals surface area contributed by atoms with Crippen molar-refractivity contribution in [2.45, 2.75) is 19.3 Å². The average molecular weight is 146 g/mol. The summed E-state index contributed by atoms with van der Waals surface area (Å²) < 4.78 is 0. The summed E-state index contributed by atoms with van der Waals surface area (Å²) in [6.45, 7) is 1.65. The van der Waals surface area contributed by atoms with E-state index in [0.717, 1.165) is 0 Å². The number of carbonyl (C=O) groups excluding carboxylic acids is 1.